The molecule has 3 nitrogen and oxygen atoms in total. The minimum absolute atomic E-state index is 0. The molecule has 1 N–H and O–H groups in total. The molecule has 0 aliphatic rings. The molecule has 1 aromatic carbocycles. The van der Waals surface area contributed by atoms with E-state index < -0.39 is 10.1 Å². The molecule has 0 aromatic heterocycles. The van der Waals surface area contributed by atoms with E-state index in [1.54, 1.807) is 6.92 Å². The van der Waals surface area contributed by atoms with Gasteiger partial charge in [-0.2, -0.15) is 8.42 Å². The van der Waals surface area contributed by atoms with Crippen molar-refractivity contribution in [2.24, 2.45) is 0 Å². The Morgan fingerprint density at radius 2 is 1.92 bits per heavy atom. The van der Waals surface area contributed by atoms with Crippen molar-refractivity contribution in [2.75, 3.05) is 0 Å². The first-order valence-corrected chi connectivity index (χ1v) is 4.97. The third-order valence-electron chi connectivity index (χ3n) is 1.44. The number of hydrogen-bond acceptors (Lipinski definition) is 2. The molecule has 0 aliphatic heterocycles. The van der Waals surface area contributed by atoms with Crippen LogP contribution in [0.25, 0.3) is 0 Å². The molecule has 0 radical (unpaired) electrons. The van der Waals surface area contributed by atoms with Crippen molar-refractivity contribution in [3.8, 4) is 0 Å². The van der Waals surface area contributed by atoms with E-state index in [1.165, 1.54) is 18.2 Å². The maximum absolute atomic E-state index is 10.6. The summed E-state index contributed by atoms with van der Waals surface area (Å²) in [5.41, 5.74) is 0.768. The van der Waals surface area contributed by atoms with Crippen LogP contribution in [0.15, 0.2) is 23.1 Å². The van der Waals surface area contributed by atoms with Gasteiger partial charge >= 0.3 is 29.6 Å². The number of aryl methyl sites for hydroxylation is 1. The van der Waals surface area contributed by atoms with Crippen molar-refractivity contribution in [1.82, 2.24) is 0 Å². The normalized spacial score (nSPS) is 10.7. The molecular weight excluding hydrogens is 223 g/mol. The number of rotatable bonds is 1. The first kappa shape index (κ1) is 13.4. The van der Waals surface area contributed by atoms with Crippen molar-refractivity contribution < 1.29 is 42.5 Å². The zero-order valence-electron chi connectivity index (χ0n) is 7.28. The topological polar surface area (TPSA) is 54.4 Å². The van der Waals surface area contributed by atoms with Gasteiger partial charge in [-0.05, 0) is 24.6 Å². The van der Waals surface area contributed by atoms with Crippen LogP contribution in [0.5, 0.6) is 0 Å². The minimum Gasteiger partial charge on any atom is -0.282 e. The van der Waals surface area contributed by atoms with Crippen molar-refractivity contribution in [3.63, 3.8) is 0 Å². The van der Waals surface area contributed by atoms with Gasteiger partial charge in [0.05, 0.1) is 4.90 Å². The molecule has 0 saturated carbocycles. The van der Waals surface area contributed by atoms with Crippen LogP contribution >= 0.6 is 11.6 Å². The Balaban J connectivity index is 0.00000144. The summed E-state index contributed by atoms with van der Waals surface area (Å²) in [6.07, 6.45) is 0. The summed E-state index contributed by atoms with van der Waals surface area (Å²) in [5.74, 6) is 0. The van der Waals surface area contributed by atoms with E-state index in [4.69, 9.17) is 16.2 Å². The fourth-order valence-corrected chi connectivity index (χ4v) is 1.49. The molecule has 1 rings (SSSR count). The van der Waals surface area contributed by atoms with Gasteiger partial charge in [0.15, 0.2) is 0 Å². The van der Waals surface area contributed by atoms with E-state index in [9.17, 15) is 8.42 Å². The van der Waals surface area contributed by atoms with Crippen LogP contribution in [-0.4, -0.2) is 13.0 Å². The van der Waals surface area contributed by atoms with Gasteiger partial charge < -0.3 is 0 Å². The maximum Gasteiger partial charge on any atom is 1.00 e. The van der Waals surface area contributed by atoms with E-state index in [0.717, 1.165) is 5.56 Å². The molecular formula is C7H7ClNaO3S+. The van der Waals surface area contributed by atoms with Crippen molar-refractivity contribution in [1.29, 1.82) is 0 Å². The van der Waals surface area contributed by atoms with Crippen LogP contribution in [0.3, 0.4) is 0 Å². The zero-order chi connectivity index (χ0) is 9.35. The molecule has 0 atom stereocenters. The molecule has 0 amide bonds. The molecule has 0 saturated heterocycles. The fourth-order valence-electron chi connectivity index (χ4n) is 0.734. The van der Waals surface area contributed by atoms with Crippen LogP contribution in [-0.2, 0) is 10.1 Å². The summed E-state index contributed by atoms with van der Waals surface area (Å²) < 4.78 is 29.8. The Bertz CT molecular complexity index is 402. The summed E-state index contributed by atoms with van der Waals surface area (Å²) >= 11 is 5.64. The van der Waals surface area contributed by atoms with E-state index in [1.807, 2.05) is 0 Å². The molecule has 0 unspecified atom stereocenters. The van der Waals surface area contributed by atoms with Crippen LogP contribution < -0.4 is 29.6 Å². The van der Waals surface area contributed by atoms with Crippen molar-refractivity contribution >= 4 is 21.7 Å². The maximum atomic E-state index is 10.6. The second kappa shape index (κ2) is 4.77. The predicted octanol–water partition coefficient (Wildman–Crippen LogP) is -1.10. The van der Waals surface area contributed by atoms with Crippen LogP contribution in [0.1, 0.15) is 5.56 Å². The summed E-state index contributed by atoms with van der Waals surface area (Å²) in [6, 6.07) is 4.05. The molecule has 0 heterocycles. The van der Waals surface area contributed by atoms with Gasteiger partial charge in [0, 0.05) is 5.02 Å². The molecule has 6 heteroatoms. The second-order valence-electron chi connectivity index (χ2n) is 2.39. The number of halogens is 1. The molecule has 1 aromatic rings. The average molecular weight is 230 g/mol. The van der Waals surface area contributed by atoms with Gasteiger partial charge in [-0.1, -0.05) is 17.7 Å². The second-order valence-corrected chi connectivity index (χ2v) is 4.21. The molecule has 0 spiro atoms. The summed E-state index contributed by atoms with van der Waals surface area (Å²) in [6.45, 7) is 1.75. The van der Waals surface area contributed by atoms with E-state index in [-0.39, 0.29) is 34.5 Å². The van der Waals surface area contributed by atoms with Crippen molar-refractivity contribution in [2.45, 2.75) is 11.8 Å². The predicted molar refractivity (Wildman–Crippen MR) is 46.0 cm³/mol. The Morgan fingerprint density at radius 3 is 2.31 bits per heavy atom. The van der Waals surface area contributed by atoms with Crippen LogP contribution in [0, 0.1) is 6.92 Å². The zero-order valence-corrected chi connectivity index (χ0v) is 10.9. The summed E-state index contributed by atoms with van der Waals surface area (Å²) in [4.78, 5) is -0.182. The monoisotopic (exact) mass is 229 g/mol. The first-order valence-electron chi connectivity index (χ1n) is 3.15. The largest absolute Gasteiger partial charge is 1.00 e. The number of hydrogen-bond donors (Lipinski definition) is 1. The molecule has 66 valence electrons. The summed E-state index contributed by atoms with van der Waals surface area (Å²) in [7, 11) is -4.13. The van der Waals surface area contributed by atoms with E-state index >= 15 is 0 Å². The third kappa shape index (κ3) is 3.58. The Kier molecular flexibility index (Phi) is 4.93. The van der Waals surface area contributed by atoms with Crippen LogP contribution in [0.4, 0.5) is 0 Å². The number of benzene rings is 1. The van der Waals surface area contributed by atoms with Gasteiger partial charge in [-0.3, -0.25) is 4.55 Å². The van der Waals surface area contributed by atoms with E-state index in [2.05, 4.69) is 0 Å². The Morgan fingerprint density at radius 1 is 1.38 bits per heavy atom. The SMILES string of the molecule is Cc1ccc(S(=O)(=O)O)cc1Cl.[Na+]. The van der Waals surface area contributed by atoms with Gasteiger partial charge in [0.2, 0.25) is 0 Å². The van der Waals surface area contributed by atoms with Crippen LogP contribution in [0.2, 0.25) is 5.02 Å². The summed E-state index contributed by atoms with van der Waals surface area (Å²) in [5, 5.41) is 0.324. The fraction of sp³-hybridized carbons (Fsp3) is 0.143. The first-order chi connectivity index (χ1) is 5.41. The van der Waals surface area contributed by atoms with Gasteiger partial charge in [-0.15, -0.1) is 0 Å². The minimum atomic E-state index is -4.13. The van der Waals surface area contributed by atoms with Gasteiger partial charge in [-0.25, -0.2) is 0 Å². The molecule has 0 aliphatic carbocycles. The third-order valence-corrected chi connectivity index (χ3v) is 2.70. The quantitative estimate of drug-likeness (QED) is 0.491. The smallest absolute Gasteiger partial charge is 0.282 e. The molecule has 13 heavy (non-hydrogen) atoms. The van der Waals surface area contributed by atoms with E-state index in [0.29, 0.717) is 5.02 Å². The molecule has 0 fully saturated rings. The van der Waals surface area contributed by atoms with Gasteiger partial charge in [0.1, 0.15) is 0 Å². The Hall–Kier alpha value is 0.420. The van der Waals surface area contributed by atoms with Crippen molar-refractivity contribution in [3.05, 3.63) is 28.8 Å². The van der Waals surface area contributed by atoms with Gasteiger partial charge in [0.25, 0.3) is 10.1 Å². The molecule has 0 bridgehead atoms. The Labute approximate surface area is 104 Å². The average Bonchev–Trinajstić information content (AvgIpc) is 1.92. The standard InChI is InChI=1S/C7H7ClO3S.Na/c1-5-2-3-6(4-7(5)8)12(9,10)11;/h2-4H,1H3,(H,9,10,11);/q;+1.